The van der Waals surface area contributed by atoms with E-state index in [0.717, 1.165) is 17.9 Å². The number of nitrogens with zero attached hydrogens (tertiary/aromatic N) is 1. The van der Waals surface area contributed by atoms with Crippen LogP contribution in [-0.2, 0) is 17.9 Å². The maximum absolute atomic E-state index is 13.1. The third kappa shape index (κ3) is 3.50. The molecule has 0 saturated carbocycles. The average molecular weight is 326 g/mol. The molecule has 6 heteroatoms. The third-order valence-electron chi connectivity index (χ3n) is 3.71. The number of furan rings is 1. The SMILES string of the molecule is OCc1ccc(CN2CCO[C@@H](c3ccc(F)cc3Cl)C2)o1. The Kier molecular flexibility index (Phi) is 4.78. The molecule has 1 N–H and O–H groups in total. The van der Waals surface area contributed by atoms with Gasteiger partial charge in [-0.05, 0) is 24.3 Å². The van der Waals surface area contributed by atoms with E-state index in [4.69, 9.17) is 25.9 Å². The van der Waals surface area contributed by atoms with Crippen molar-refractivity contribution in [3.63, 3.8) is 0 Å². The Morgan fingerprint density at radius 1 is 1.27 bits per heavy atom. The van der Waals surface area contributed by atoms with E-state index in [2.05, 4.69) is 4.90 Å². The molecule has 0 amide bonds. The number of rotatable bonds is 4. The van der Waals surface area contributed by atoms with Gasteiger partial charge in [-0.1, -0.05) is 17.7 Å². The van der Waals surface area contributed by atoms with Gasteiger partial charge in [0.2, 0.25) is 0 Å². The molecule has 1 aromatic carbocycles. The van der Waals surface area contributed by atoms with Crippen LogP contribution in [0.3, 0.4) is 0 Å². The fraction of sp³-hybridized carbons (Fsp3) is 0.375. The van der Waals surface area contributed by atoms with Crippen molar-refractivity contribution in [2.75, 3.05) is 19.7 Å². The first-order valence-corrected chi connectivity index (χ1v) is 7.51. The quantitative estimate of drug-likeness (QED) is 0.938. The van der Waals surface area contributed by atoms with E-state index in [1.807, 2.05) is 6.07 Å². The third-order valence-corrected chi connectivity index (χ3v) is 4.04. The number of aliphatic hydroxyl groups is 1. The van der Waals surface area contributed by atoms with Gasteiger partial charge < -0.3 is 14.3 Å². The van der Waals surface area contributed by atoms with Crippen LogP contribution in [0.15, 0.2) is 34.7 Å². The van der Waals surface area contributed by atoms with Crippen molar-refractivity contribution in [2.24, 2.45) is 0 Å². The summed E-state index contributed by atoms with van der Waals surface area (Å²) in [7, 11) is 0. The summed E-state index contributed by atoms with van der Waals surface area (Å²) in [6.07, 6.45) is -0.186. The molecule has 0 radical (unpaired) electrons. The Balaban J connectivity index is 1.68. The number of hydrogen-bond acceptors (Lipinski definition) is 4. The summed E-state index contributed by atoms with van der Waals surface area (Å²) in [5, 5.41) is 9.41. The Hall–Kier alpha value is -1.40. The lowest BCUT2D eigenvalue weighted by molar-refractivity contribution is -0.0348. The molecule has 22 heavy (non-hydrogen) atoms. The molecule has 0 unspecified atom stereocenters. The Morgan fingerprint density at radius 2 is 2.09 bits per heavy atom. The van der Waals surface area contributed by atoms with Gasteiger partial charge in [0, 0.05) is 23.7 Å². The zero-order valence-electron chi connectivity index (χ0n) is 12.0. The highest BCUT2D eigenvalue weighted by Crippen LogP contribution is 2.29. The highest BCUT2D eigenvalue weighted by molar-refractivity contribution is 6.31. The van der Waals surface area contributed by atoms with Crippen LogP contribution in [0, 0.1) is 5.82 Å². The summed E-state index contributed by atoms with van der Waals surface area (Å²) in [5.74, 6) is 1.00. The van der Waals surface area contributed by atoms with Crippen molar-refractivity contribution in [3.05, 3.63) is 58.3 Å². The van der Waals surface area contributed by atoms with Gasteiger partial charge in [0.15, 0.2) is 0 Å². The summed E-state index contributed by atoms with van der Waals surface area (Å²) < 4.78 is 24.4. The summed E-state index contributed by atoms with van der Waals surface area (Å²) in [6.45, 7) is 2.55. The second-order valence-electron chi connectivity index (χ2n) is 5.29. The fourth-order valence-corrected chi connectivity index (χ4v) is 2.90. The van der Waals surface area contributed by atoms with Crippen LogP contribution in [-0.4, -0.2) is 29.7 Å². The molecule has 1 aromatic heterocycles. The summed E-state index contributed by atoms with van der Waals surface area (Å²) in [5.41, 5.74) is 0.795. The van der Waals surface area contributed by atoms with Gasteiger partial charge in [-0.2, -0.15) is 0 Å². The second-order valence-corrected chi connectivity index (χ2v) is 5.69. The molecule has 2 heterocycles. The number of ether oxygens (including phenoxy) is 1. The molecule has 1 aliphatic heterocycles. The number of benzene rings is 1. The van der Waals surface area contributed by atoms with Crippen LogP contribution < -0.4 is 0 Å². The molecule has 0 bridgehead atoms. The smallest absolute Gasteiger partial charge is 0.129 e. The molecule has 118 valence electrons. The first kappa shape index (κ1) is 15.5. The molecule has 1 fully saturated rings. The highest BCUT2D eigenvalue weighted by atomic mass is 35.5. The van der Waals surface area contributed by atoms with E-state index in [9.17, 15) is 4.39 Å². The van der Waals surface area contributed by atoms with Gasteiger partial charge >= 0.3 is 0 Å². The predicted molar refractivity (Wildman–Crippen MR) is 80.0 cm³/mol. The fourth-order valence-electron chi connectivity index (χ4n) is 2.61. The molecule has 4 nitrogen and oxygen atoms in total. The van der Waals surface area contributed by atoms with E-state index < -0.39 is 0 Å². The highest BCUT2D eigenvalue weighted by Gasteiger charge is 2.24. The maximum atomic E-state index is 13.1. The first-order valence-electron chi connectivity index (χ1n) is 7.13. The van der Waals surface area contributed by atoms with Crippen LogP contribution in [0.25, 0.3) is 0 Å². The molecular weight excluding hydrogens is 309 g/mol. The molecule has 0 aliphatic carbocycles. The Labute approximate surface area is 133 Å². The van der Waals surface area contributed by atoms with Gasteiger partial charge in [0.05, 0.1) is 19.3 Å². The summed E-state index contributed by atoms with van der Waals surface area (Å²) in [6, 6.07) is 8.00. The molecule has 0 spiro atoms. The normalized spacial score (nSPS) is 19.5. The van der Waals surface area contributed by atoms with E-state index in [1.54, 1.807) is 12.1 Å². The molecular formula is C16H17ClFNO3. The van der Waals surface area contributed by atoms with Gasteiger partial charge in [0.25, 0.3) is 0 Å². The standard InChI is InChI=1S/C16H17ClFNO3/c17-15-7-11(18)1-4-14(15)16-9-19(5-6-21-16)8-12-2-3-13(10-20)22-12/h1-4,7,16,20H,5-6,8-10H2/t16-/m1/s1. The van der Waals surface area contributed by atoms with Crippen molar-refractivity contribution in [1.29, 1.82) is 0 Å². The predicted octanol–water partition coefficient (Wildman–Crippen LogP) is 3.14. The van der Waals surface area contributed by atoms with Crippen molar-refractivity contribution in [2.45, 2.75) is 19.3 Å². The van der Waals surface area contributed by atoms with Gasteiger partial charge in [-0.25, -0.2) is 4.39 Å². The van der Waals surface area contributed by atoms with Crippen LogP contribution >= 0.6 is 11.6 Å². The minimum atomic E-state index is -0.353. The molecule has 2 aromatic rings. The Bertz CT molecular complexity index is 646. The average Bonchev–Trinajstić information content (AvgIpc) is 2.95. The number of aliphatic hydroxyl groups excluding tert-OH is 1. The number of halogens is 2. The Morgan fingerprint density at radius 3 is 2.82 bits per heavy atom. The number of hydrogen-bond donors (Lipinski definition) is 1. The topological polar surface area (TPSA) is 45.8 Å². The van der Waals surface area contributed by atoms with Crippen LogP contribution in [0.1, 0.15) is 23.2 Å². The lowest BCUT2D eigenvalue weighted by atomic mass is 10.1. The zero-order valence-corrected chi connectivity index (χ0v) is 12.7. The van der Waals surface area contributed by atoms with Gasteiger partial charge in [-0.3, -0.25) is 4.90 Å². The first-order chi connectivity index (χ1) is 10.7. The minimum absolute atomic E-state index is 0.100. The maximum Gasteiger partial charge on any atom is 0.129 e. The van der Waals surface area contributed by atoms with E-state index in [0.29, 0.717) is 30.5 Å². The minimum Gasteiger partial charge on any atom is -0.462 e. The monoisotopic (exact) mass is 325 g/mol. The van der Waals surface area contributed by atoms with Gasteiger partial charge in [0.1, 0.15) is 23.9 Å². The molecule has 1 saturated heterocycles. The van der Waals surface area contributed by atoms with Crippen molar-refractivity contribution < 1.29 is 18.7 Å². The molecule has 1 atom stereocenters. The van der Waals surface area contributed by atoms with E-state index >= 15 is 0 Å². The second kappa shape index (κ2) is 6.79. The van der Waals surface area contributed by atoms with Crippen LogP contribution in [0.4, 0.5) is 4.39 Å². The van der Waals surface area contributed by atoms with E-state index in [1.165, 1.54) is 12.1 Å². The van der Waals surface area contributed by atoms with Crippen molar-refractivity contribution in [3.8, 4) is 0 Å². The molecule has 1 aliphatic rings. The van der Waals surface area contributed by atoms with Crippen molar-refractivity contribution in [1.82, 2.24) is 4.90 Å². The molecule has 3 rings (SSSR count). The number of morpholine rings is 1. The van der Waals surface area contributed by atoms with E-state index in [-0.39, 0.29) is 18.5 Å². The van der Waals surface area contributed by atoms with Crippen LogP contribution in [0.5, 0.6) is 0 Å². The lowest BCUT2D eigenvalue weighted by Crippen LogP contribution is -2.37. The van der Waals surface area contributed by atoms with Crippen molar-refractivity contribution >= 4 is 11.6 Å². The van der Waals surface area contributed by atoms with Gasteiger partial charge in [-0.15, -0.1) is 0 Å². The summed E-state index contributed by atoms with van der Waals surface area (Å²) >= 11 is 6.11. The lowest BCUT2D eigenvalue weighted by Gasteiger charge is -2.33. The zero-order chi connectivity index (χ0) is 15.5. The largest absolute Gasteiger partial charge is 0.462 e. The van der Waals surface area contributed by atoms with Crippen LogP contribution in [0.2, 0.25) is 5.02 Å². The summed E-state index contributed by atoms with van der Waals surface area (Å²) in [4.78, 5) is 2.19.